The maximum absolute atomic E-state index is 9.02. The van der Waals surface area contributed by atoms with E-state index in [1.165, 1.54) is 11.3 Å². The fourth-order valence-electron chi connectivity index (χ4n) is 2.09. The summed E-state index contributed by atoms with van der Waals surface area (Å²) in [6.45, 7) is 0. The molecule has 0 aliphatic carbocycles. The van der Waals surface area contributed by atoms with E-state index in [9.17, 15) is 0 Å². The Kier molecular flexibility index (Phi) is 3.01. The molecule has 0 amide bonds. The third-order valence-electron chi connectivity index (χ3n) is 3.08. The Hall–Kier alpha value is -2.58. The first-order valence-electron chi connectivity index (χ1n) is 5.97. The lowest BCUT2D eigenvalue weighted by molar-refractivity contribution is 0.416. The molecule has 3 aromatic rings. The summed E-state index contributed by atoms with van der Waals surface area (Å²) in [5.74, 6) is 0.768. The number of ether oxygens (including phenoxy) is 1. The molecule has 2 heterocycles. The number of para-hydroxylation sites is 1. The van der Waals surface area contributed by atoms with E-state index in [0.29, 0.717) is 10.6 Å². The zero-order valence-electron chi connectivity index (χ0n) is 10.8. The molecule has 0 bridgehead atoms. The number of nitriles is 1. The van der Waals surface area contributed by atoms with Gasteiger partial charge >= 0.3 is 0 Å². The number of hydrogen-bond acceptors (Lipinski definition) is 5. The van der Waals surface area contributed by atoms with Crippen molar-refractivity contribution < 1.29 is 4.74 Å². The first-order valence-corrected chi connectivity index (χ1v) is 6.78. The van der Waals surface area contributed by atoms with Crippen molar-refractivity contribution in [2.75, 3.05) is 12.8 Å². The second-order valence-electron chi connectivity index (χ2n) is 4.21. The minimum atomic E-state index is 0.504. The van der Waals surface area contributed by atoms with E-state index in [1.807, 2.05) is 36.4 Å². The number of methoxy groups -OCH3 is 1. The van der Waals surface area contributed by atoms with Crippen molar-refractivity contribution in [2.24, 2.45) is 0 Å². The summed E-state index contributed by atoms with van der Waals surface area (Å²) in [4.78, 5) is 5.86. The molecule has 5 heteroatoms. The molecule has 20 heavy (non-hydrogen) atoms. The first-order chi connectivity index (χ1) is 9.74. The topological polar surface area (TPSA) is 71.9 Å². The van der Waals surface area contributed by atoms with Crippen LogP contribution < -0.4 is 10.5 Å². The molecule has 0 unspecified atom stereocenters. The van der Waals surface area contributed by atoms with Gasteiger partial charge in [0.2, 0.25) is 0 Å². The molecule has 0 spiro atoms. The number of nitrogen functional groups attached to an aromatic ring is 1. The smallest absolute Gasteiger partial charge is 0.130 e. The van der Waals surface area contributed by atoms with Gasteiger partial charge in [-0.1, -0.05) is 12.1 Å². The molecule has 0 saturated heterocycles. The van der Waals surface area contributed by atoms with Gasteiger partial charge in [-0.25, -0.2) is 4.98 Å². The van der Waals surface area contributed by atoms with Crippen LogP contribution >= 0.6 is 11.3 Å². The standard InChI is InChI=1S/C15H11N3OS/c1-19-12-5-3-2-4-9(12)11-7-6-10-14(17)13(8-16)20-15(10)18-11/h2-7H,17H2,1H3. The average molecular weight is 281 g/mol. The number of nitrogens with zero attached hydrogens (tertiary/aromatic N) is 2. The van der Waals surface area contributed by atoms with Gasteiger partial charge in [-0.05, 0) is 24.3 Å². The molecular formula is C15H11N3OS. The first kappa shape index (κ1) is 12.5. The molecule has 0 atom stereocenters. The van der Waals surface area contributed by atoms with E-state index >= 15 is 0 Å². The van der Waals surface area contributed by atoms with Gasteiger partial charge in [0.1, 0.15) is 21.5 Å². The van der Waals surface area contributed by atoms with Crippen LogP contribution in [0.25, 0.3) is 21.5 Å². The number of hydrogen-bond donors (Lipinski definition) is 1. The van der Waals surface area contributed by atoms with Crippen LogP contribution in [-0.4, -0.2) is 12.1 Å². The maximum atomic E-state index is 9.02. The largest absolute Gasteiger partial charge is 0.496 e. The Balaban J connectivity index is 2.21. The minimum absolute atomic E-state index is 0.504. The molecule has 0 radical (unpaired) electrons. The van der Waals surface area contributed by atoms with Gasteiger partial charge in [-0.15, -0.1) is 11.3 Å². The number of thiophene rings is 1. The van der Waals surface area contributed by atoms with E-state index in [-0.39, 0.29) is 0 Å². The Bertz CT molecular complexity index is 833. The second-order valence-corrected chi connectivity index (χ2v) is 5.21. The highest BCUT2D eigenvalue weighted by Gasteiger charge is 2.12. The van der Waals surface area contributed by atoms with Crippen molar-refractivity contribution in [3.8, 4) is 23.1 Å². The van der Waals surface area contributed by atoms with Gasteiger partial charge in [-0.2, -0.15) is 5.26 Å². The summed E-state index contributed by atoms with van der Waals surface area (Å²) in [6.07, 6.45) is 0. The third-order valence-corrected chi connectivity index (χ3v) is 4.10. The predicted octanol–water partition coefficient (Wildman–Crippen LogP) is 3.43. The fraction of sp³-hybridized carbons (Fsp3) is 0.0667. The molecule has 0 saturated carbocycles. The molecule has 2 N–H and O–H groups in total. The third kappa shape index (κ3) is 1.87. The molecule has 0 fully saturated rings. The van der Waals surface area contributed by atoms with E-state index in [0.717, 1.165) is 27.2 Å². The fourth-order valence-corrected chi connectivity index (χ4v) is 2.98. The Morgan fingerprint density at radius 3 is 2.80 bits per heavy atom. The van der Waals surface area contributed by atoms with Crippen molar-refractivity contribution in [2.45, 2.75) is 0 Å². The highest BCUT2D eigenvalue weighted by Crippen LogP contribution is 2.35. The zero-order chi connectivity index (χ0) is 14.1. The maximum Gasteiger partial charge on any atom is 0.130 e. The number of fused-ring (bicyclic) bond motifs is 1. The lowest BCUT2D eigenvalue weighted by Crippen LogP contribution is -1.90. The number of pyridine rings is 1. The summed E-state index contributed by atoms with van der Waals surface area (Å²) >= 11 is 1.31. The molecule has 0 aliphatic heterocycles. The predicted molar refractivity (Wildman–Crippen MR) is 80.7 cm³/mol. The minimum Gasteiger partial charge on any atom is -0.496 e. The van der Waals surface area contributed by atoms with Crippen LogP contribution in [0.3, 0.4) is 0 Å². The lowest BCUT2D eigenvalue weighted by Gasteiger charge is -2.07. The van der Waals surface area contributed by atoms with Crippen LogP contribution in [0.4, 0.5) is 5.69 Å². The number of nitrogens with two attached hydrogens (primary N) is 1. The SMILES string of the molecule is COc1ccccc1-c1ccc2c(N)c(C#N)sc2n1. The van der Waals surface area contributed by atoms with Gasteiger partial charge < -0.3 is 10.5 Å². The van der Waals surface area contributed by atoms with Crippen LogP contribution in [-0.2, 0) is 0 Å². The van der Waals surface area contributed by atoms with Gasteiger partial charge in [0, 0.05) is 10.9 Å². The average Bonchev–Trinajstić information content (AvgIpc) is 2.83. The van der Waals surface area contributed by atoms with Crippen molar-refractivity contribution in [1.82, 2.24) is 4.98 Å². The van der Waals surface area contributed by atoms with Crippen molar-refractivity contribution in [1.29, 1.82) is 5.26 Å². The van der Waals surface area contributed by atoms with Crippen LogP contribution in [0.2, 0.25) is 0 Å². The van der Waals surface area contributed by atoms with E-state index < -0.39 is 0 Å². The Morgan fingerprint density at radius 2 is 2.05 bits per heavy atom. The summed E-state index contributed by atoms with van der Waals surface area (Å²) in [5, 5.41) is 9.84. The number of aromatic nitrogens is 1. The second kappa shape index (κ2) is 4.83. The van der Waals surface area contributed by atoms with Gasteiger partial charge in [0.15, 0.2) is 0 Å². The molecule has 98 valence electrons. The van der Waals surface area contributed by atoms with Gasteiger partial charge in [0.05, 0.1) is 18.5 Å². The van der Waals surface area contributed by atoms with Crippen LogP contribution in [0, 0.1) is 11.3 Å². The summed E-state index contributed by atoms with van der Waals surface area (Å²) in [6, 6.07) is 13.6. The van der Waals surface area contributed by atoms with Crippen LogP contribution in [0.5, 0.6) is 5.75 Å². The summed E-state index contributed by atoms with van der Waals surface area (Å²) < 4.78 is 5.35. The van der Waals surface area contributed by atoms with Gasteiger partial charge in [-0.3, -0.25) is 0 Å². The highest BCUT2D eigenvalue weighted by molar-refractivity contribution is 7.19. The normalized spacial score (nSPS) is 10.4. The monoisotopic (exact) mass is 281 g/mol. The van der Waals surface area contributed by atoms with Crippen molar-refractivity contribution in [3.05, 3.63) is 41.3 Å². The van der Waals surface area contributed by atoms with E-state index in [2.05, 4.69) is 11.1 Å². The zero-order valence-corrected chi connectivity index (χ0v) is 11.6. The molecular weight excluding hydrogens is 270 g/mol. The summed E-state index contributed by atoms with van der Waals surface area (Å²) in [5.41, 5.74) is 8.15. The van der Waals surface area contributed by atoms with Crippen molar-refractivity contribution >= 4 is 27.2 Å². The van der Waals surface area contributed by atoms with Crippen LogP contribution in [0.1, 0.15) is 4.88 Å². The van der Waals surface area contributed by atoms with Crippen LogP contribution in [0.15, 0.2) is 36.4 Å². The Morgan fingerprint density at radius 1 is 1.25 bits per heavy atom. The quantitative estimate of drug-likeness (QED) is 0.781. The number of anilines is 1. The molecule has 4 nitrogen and oxygen atoms in total. The van der Waals surface area contributed by atoms with E-state index in [4.69, 9.17) is 15.7 Å². The Labute approximate surface area is 120 Å². The number of benzene rings is 1. The lowest BCUT2D eigenvalue weighted by atomic mass is 10.1. The number of rotatable bonds is 2. The molecule has 2 aromatic heterocycles. The molecule has 0 aliphatic rings. The summed E-state index contributed by atoms with van der Waals surface area (Å²) in [7, 11) is 1.63. The molecule has 3 rings (SSSR count). The highest BCUT2D eigenvalue weighted by atomic mass is 32.1. The molecule has 1 aromatic carbocycles. The van der Waals surface area contributed by atoms with Gasteiger partial charge in [0.25, 0.3) is 0 Å². The van der Waals surface area contributed by atoms with E-state index in [1.54, 1.807) is 7.11 Å². The van der Waals surface area contributed by atoms with Crippen molar-refractivity contribution in [3.63, 3.8) is 0 Å².